The molecule has 5 atom stereocenters. The Morgan fingerprint density at radius 3 is 2.89 bits per heavy atom. The van der Waals surface area contributed by atoms with Crippen molar-refractivity contribution in [2.75, 3.05) is 19.8 Å². The molecule has 18 heavy (non-hydrogen) atoms. The molecule has 0 radical (unpaired) electrons. The van der Waals surface area contributed by atoms with Crippen molar-refractivity contribution in [1.29, 1.82) is 0 Å². The lowest BCUT2D eigenvalue weighted by Crippen LogP contribution is -2.55. The lowest BCUT2D eigenvalue weighted by Gasteiger charge is -2.37. The van der Waals surface area contributed by atoms with Gasteiger partial charge in [-0.1, -0.05) is 11.8 Å². The number of thioether (sulfide) groups is 1. The molecule has 0 aromatic carbocycles. The van der Waals surface area contributed by atoms with Crippen LogP contribution in [-0.2, 0) is 9.57 Å². The Bertz CT molecular complexity index is 349. The summed E-state index contributed by atoms with van der Waals surface area (Å²) in [5.74, 6) is 0. The van der Waals surface area contributed by atoms with E-state index in [0.717, 1.165) is 13.0 Å². The van der Waals surface area contributed by atoms with Crippen LogP contribution >= 0.6 is 11.8 Å². The number of hydroxylamine groups is 2. The summed E-state index contributed by atoms with van der Waals surface area (Å²) in [6.07, 6.45) is -1.95. The Kier molecular flexibility index (Phi) is 3.48. The number of amidine groups is 1. The van der Waals surface area contributed by atoms with Crippen molar-refractivity contribution in [3.8, 4) is 0 Å². The number of fused-ring (bicyclic) bond motifs is 1. The van der Waals surface area contributed by atoms with Crippen molar-refractivity contribution in [2.45, 2.75) is 36.2 Å². The molecule has 3 aliphatic rings. The van der Waals surface area contributed by atoms with Crippen LogP contribution in [0, 0.1) is 0 Å². The molecule has 2 saturated heterocycles. The third kappa shape index (κ3) is 2.02. The molecule has 2 fully saturated rings. The Morgan fingerprint density at radius 2 is 2.22 bits per heavy atom. The summed E-state index contributed by atoms with van der Waals surface area (Å²) in [4.78, 5) is 9.75. The highest BCUT2D eigenvalue weighted by atomic mass is 32.2. The maximum absolute atomic E-state index is 9.99. The summed E-state index contributed by atoms with van der Waals surface area (Å²) in [7, 11) is 0. The van der Waals surface area contributed by atoms with Gasteiger partial charge in [0, 0.05) is 0 Å². The molecule has 0 amide bonds. The van der Waals surface area contributed by atoms with Gasteiger partial charge in [0.05, 0.1) is 19.8 Å². The Labute approximate surface area is 108 Å². The number of hydrogen-bond donors (Lipinski definition) is 3. The maximum atomic E-state index is 9.99. The van der Waals surface area contributed by atoms with Gasteiger partial charge in [0.15, 0.2) is 5.17 Å². The van der Waals surface area contributed by atoms with Crippen LogP contribution in [0.1, 0.15) is 6.42 Å². The predicted octanol–water partition coefficient (Wildman–Crippen LogP) is -1.47. The predicted molar refractivity (Wildman–Crippen MR) is 63.8 cm³/mol. The minimum atomic E-state index is -1.11. The van der Waals surface area contributed by atoms with E-state index in [1.807, 2.05) is 0 Å². The minimum Gasteiger partial charge on any atom is -0.394 e. The highest BCUT2D eigenvalue weighted by Crippen LogP contribution is 2.37. The third-order valence-corrected chi connectivity index (χ3v) is 4.44. The smallest absolute Gasteiger partial charge is 0.186 e. The van der Waals surface area contributed by atoms with Crippen molar-refractivity contribution < 1.29 is 24.9 Å². The van der Waals surface area contributed by atoms with Crippen LogP contribution in [0.4, 0.5) is 0 Å². The second-order valence-electron chi connectivity index (χ2n) is 4.52. The molecule has 0 bridgehead atoms. The fraction of sp³-hybridized carbons (Fsp3) is 0.900. The molecule has 7 nitrogen and oxygen atoms in total. The normalized spacial score (nSPS) is 44.1. The number of nitrogens with zero attached hydrogens (tertiary/aromatic N) is 2. The van der Waals surface area contributed by atoms with Crippen LogP contribution in [0.15, 0.2) is 4.99 Å². The van der Waals surface area contributed by atoms with Gasteiger partial charge in [-0.15, -0.1) is 0 Å². The minimum absolute atomic E-state index is 0.322. The average Bonchev–Trinajstić information content (AvgIpc) is 3.01. The van der Waals surface area contributed by atoms with Crippen molar-refractivity contribution in [2.24, 2.45) is 4.99 Å². The van der Waals surface area contributed by atoms with Gasteiger partial charge in [-0.05, 0) is 6.42 Å². The summed E-state index contributed by atoms with van der Waals surface area (Å²) < 4.78 is 5.54. The van der Waals surface area contributed by atoms with Gasteiger partial charge < -0.3 is 20.1 Å². The molecule has 0 spiro atoms. The number of aliphatic hydroxyl groups is 3. The van der Waals surface area contributed by atoms with Gasteiger partial charge in [-0.3, -0.25) is 9.83 Å². The molecule has 5 unspecified atom stereocenters. The van der Waals surface area contributed by atoms with E-state index in [2.05, 4.69) is 4.99 Å². The average molecular weight is 276 g/mol. The molecule has 3 N–H and O–H groups in total. The molecule has 0 saturated carbocycles. The highest BCUT2D eigenvalue weighted by molar-refractivity contribution is 8.14. The zero-order valence-electron chi connectivity index (χ0n) is 9.68. The van der Waals surface area contributed by atoms with Crippen LogP contribution in [0.2, 0.25) is 0 Å². The standard InChI is InChI=1S/C10H16N2O5S/c13-4-5-7(14)8(15)6-9(17-5)18-10(11-6)12-2-1-3-16-12/h5-9,13-15H,1-4H2. The van der Waals surface area contributed by atoms with E-state index in [-0.39, 0.29) is 12.0 Å². The van der Waals surface area contributed by atoms with E-state index in [9.17, 15) is 10.2 Å². The number of ether oxygens (including phenoxy) is 1. The van der Waals surface area contributed by atoms with Gasteiger partial charge >= 0.3 is 0 Å². The monoisotopic (exact) mass is 276 g/mol. The lowest BCUT2D eigenvalue weighted by atomic mass is 9.99. The summed E-state index contributed by atoms with van der Waals surface area (Å²) >= 11 is 1.36. The Balaban J connectivity index is 1.74. The molecular weight excluding hydrogens is 260 g/mol. The van der Waals surface area contributed by atoms with E-state index in [1.165, 1.54) is 11.8 Å². The molecule has 0 aliphatic carbocycles. The Hall–Kier alpha value is -0.380. The van der Waals surface area contributed by atoms with Crippen LogP contribution in [-0.4, -0.2) is 75.1 Å². The molecule has 3 rings (SSSR count). The van der Waals surface area contributed by atoms with Crippen molar-refractivity contribution in [3.05, 3.63) is 0 Å². The van der Waals surface area contributed by atoms with E-state index in [4.69, 9.17) is 14.7 Å². The maximum Gasteiger partial charge on any atom is 0.186 e. The number of aliphatic hydroxyl groups excluding tert-OH is 3. The van der Waals surface area contributed by atoms with Gasteiger partial charge in [-0.2, -0.15) is 0 Å². The summed E-state index contributed by atoms with van der Waals surface area (Å²) in [5.41, 5.74) is -0.375. The molecule has 3 heterocycles. The fourth-order valence-corrected chi connectivity index (χ4v) is 3.50. The second kappa shape index (κ2) is 4.95. The van der Waals surface area contributed by atoms with Crippen LogP contribution in [0.25, 0.3) is 0 Å². The summed E-state index contributed by atoms with van der Waals surface area (Å²) in [5, 5.41) is 31.2. The van der Waals surface area contributed by atoms with Gasteiger partial charge in [0.1, 0.15) is 29.8 Å². The Morgan fingerprint density at radius 1 is 1.39 bits per heavy atom. The van der Waals surface area contributed by atoms with E-state index < -0.39 is 24.4 Å². The van der Waals surface area contributed by atoms with E-state index in [1.54, 1.807) is 5.06 Å². The topological polar surface area (TPSA) is 94.8 Å². The van der Waals surface area contributed by atoms with Gasteiger partial charge in [0.25, 0.3) is 0 Å². The first kappa shape index (κ1) is 12.6. The molecule has 102 valence electrons. The molecular formula is C10H16N2O5S. The SMILES string of the molecule is OCC1OC2SC(N3CCCO3)=NC2C(O)C1O. The van der Waals surface area contributed by atoms with Crippen molar-refractivity contribution >= 4 is 16.9 Å². The van der Waals surface area contributed by atoms with Crippen LogP contribution in [0.5, 0.6) is 0 Å². The lowest BCUT2D eigenvalue weighted by molar-refractivity contribution is -0.164. The molecule has 0 aromatic heterocycles. The van der Waals surface area contributed by atoms with Crippen molar-refractivity contribution in [3.63, 3.8) is 0 Å². The largest absolute Gasteiger partial charge is 0.394 e. The third-order valence-electron chi connectivity index (χ3n) is 3.30. The van der Waals surface area contributed by atoms with Crippen LogP contribution in [0.3, 0.4) is 0 Å². The quantitative estimate of drug-likeness (QED) is 0.538. The first-order valence-electron chi connectivity index (χ1n) is 5.98. The number of aliphatic imine (C=N–C) groups is 1. The number of hydrogen-bond acceptors (Lipinski definition) is 8. The van der Waals surface area contributed by atoms with Gasteiger partial charge in [-0.25, -0.2) is 5.06 Å². The van der Waals surface area contributed by atoms with E-state index in [0.29, 0.717) is 11.8 Å². The van der Waals surface area contributed by atoms with Crippen LogP contribution < -0.4 is 0 Å². The molecule has 0 aromatic rings. The fourth-order valence-electron chi connectivity index (χ4n) is 2.29. The number of rotatable bonds is 1. The second-order valence-corrected chi connectivity index (χ2v) is 5.58. The summed E-state index contributed by atoms with van der Waals surface area (Å²) in [6.45, 7) is 1.12. The molecule has 3 aliphatic heterocycles. The zero-order valence-corrected chi connectivity index (χ0v) is 10.5. The van der Waals surface area contributed by atoms with Gasteiger partial charge in [0.2, 0.25) is 0 Å². The van der Waals surface area contributed by atoms with E-state index >= 15 is 0 Å². The highest BCUT2D eigenvalue weighted by Gasteiger charge is 2.49. The van der Waals surface area contributed by atoms with Crippen molar-refractivity contribution in [1.82, 2.24) is 5.06 Å². The first-order valence-corrected chi connectivity index (χ1v) is 6.86. The first-order chi connectivity index (χ1) is 8.70. The zero-order chi connectivity index (χ0) is 12.7. The summed E-state index contributed by atoms with van der Waals surface area (Å²) in [6, 6.07) is -0.507. The molecule has 8 heteroatoms.